The van der Waals surface area contributed by atoms with Gasteiger partial charge < -0.3 is 9.64 Å². The van der Waals surface area contributed by atoms with Gasteiger partial charge in [0, 0.05) is 22.0 Å². The standard InChI is InChI=1S/C22H20N2O4S2/c1-22-11-10-19(25)24(22)16(13-29-22)21(27)28-12-20(26)23-14-6-2-4-8-17(14)30-18-9-5-3-7-15(18)23/h2-9,16H,10-13H2,1H3/t16-,22-/m0/s1. The van der Waals surface area contributed by atoms with Crippen molar-refractivity contribution in [3.8, 4) is 0 Å². The Labute approximate surface area is 182 Å². The van der Waals surface area contributed by atoms with Crippen LogP contribution in [0.15, 0.2) is 58.3 Å². The van der Waals surface area contributed by atoms with E-state index in [-0.39, 0.29) is 23.3 Å². The molecule has 0 aromatic heterocycles. The van der Waals surface area contributed by atoms with Gasteiger partial charge in [0.1, 0.15) is 6.04 Å². The number of carbonyl (C=O) groups is 3. The van der Waals surface area contributed by atoms with Crippen LogP contribution in [0.25, 0.3) is 0 Å². The summed E-state index contributed by atoms with van der Waals surface area (Å²) in [6.45, 7) is 1.62. The molecule has 3 aliphatic rings. The average Bonchev–Trinajstić information content (AvgIpc) is 3.25. The maximum absolute atomic E-state index is 13.2. The maximum atomic E-state index is 13.2. The number of amides is 2. The predicted octanol–water partition coefficient (Wildman–Crippen LogP) is 3.81. The number of esters is 1. The lowest BCUT2D eigenvalue weighted by molar-refractivity contribution is -0.155. The number of thioether (sulfide) groups is 1. The summed E-state index contributed by atoms with van der Waals surface area (Å²) < 4.78 is 5.43. The van der Waals surface area contributed by atoms with Gasteiger partial charge in [-0.25, -0.2) is 4.79 Å². The molecule has 154 valence electrons. The van der Waals surface area contributed by atoms with Crippen LogP contribution in [0.2, 0.25) is 0 Å². The first-order chi connectivity index (χ1) is 14.5. The molecule has 2 amide bonds. The highest BCUT2D eigenvalue weighted by atomic mass is 32.2. The molecular weight excluding hydrogens is 420 g/mol. The van der Waals surface area contributed by atoms with Crippen LogP contribution in [0.4, 0.5) is 11.4 Å². The molecule has 2 atom stereocenters. The van der Waals surface area contributed by atoms with Crippen LogP contribution < -0.4 is 4.90 Å². The highest BCUT2D eigenvalue weighted by Crippen LogP contribution is 2.49. The van der Waals surface area contributed by atoms with Gasteiger partial charge in [-0.2, -0.15) is 0 Å². The first-order valence-electron chi connectivity index (χ1n) is 9.79. The third-order valence-electron chi connectivity index (χ3n) is 5.74. The smallest absolute Gasteiger partial charge is 0.330 e. The van der Waals surface area contributed by atoms with Crippen molar-refractivity contribution in [1.29, 1.82) is 0 Å². The molecule has 2 saturated heterocycles. The Balaban J connectivity index is 1.34. The monoisotopic (exact) mass is 440 g/mol. The number of para-hydroxylation sites is 2. The zero-order chi connectivity index (χ0) is 20.9. The Bertz CT molecular complexity index is 1010. The lowest BCUT2D eigenvalue weighted by Gasteiger charge is -2.31. The molecule has 2 aromatic rings. The molecule has 5 rings (SSSR count). The van der Waals surface area contributed by atoms with E-state index >= 15 is 0 Å². The second kappa shape index (κ2) is 7.35. The van der Waals surface area contributed by atoms with Crippen LogP contribution in [0.1, 0.15) is 19.8 Å². The Kier molecular flexibility index (Phi) is 4.78. The summed E-state index contributed by atoms with van der Waals surface area (Å²) in [5.41, 5.74) is 1.56. The van der Waals surface area contributed by atoms with E-state index in [2.05, 4.69) is 0 Å². The molecule has 2 fully saturated rings. The summed E-state index contributed by atoms with van der Waals surface area (Å²) >= 11 is 3.22. The van der Waals surface area contributed by atoms with Crippen molar-refractivity contribution >= 4 is 52.7 Å². The molecule has 0 unspecified atom stereocenters. The molecule has 0 bridgehead atoms. The first-order valence-corrected chi connectivity index (χ1v) is 11.6. The van der Waals surface area contributed by atoms with Crippen LogP contribution in [-0.4, -0.2) is 46.0 Å². The van der Waals surface area contributed by atoms with E-state index in [1.807, 2.05) is 55.5 Å². The Hall–Kier alpha value is -2.45. The quantitative estimate of drug-likeness (QED) is 0.676. The van der Waals surface area contributed by atoms with Gasteiger partial charge in [0.2, 0.25) is 5.91 Å². The minimum absolute atomic E-state index is 0.0216. The second-order valence-electron chi connectivity index (χ2n) is 7.64. The highest BCUT2D eigenvalue weighted by molar-refractivity contribution is 8.01. The van der Waals surface area contributed by atoms with Gasteiger partial charge in [0.25, 0.3) is 5.91 Å². The van der Waals surface area contributed by atoms with E-state index < -0.39 is 12.0 Å². The normalized spacial score (nSPS) is 24.3. The number of hydrogen-bond acceptors (Lipinski definition) is 6. The number of rotatable bonds is 3. The fourth-order valence-electron chi connectivity index (χ4n) is 4.26. The summed E-state index contributed by atoms with van der Waals surface area (Å²) in [5.74, 6) is -0.347. The SMILES string of the molecule is C[C@]12CCC(=O)N1[C@H](C(=O)OCC(=O)N1c3ccccc3Sc3ccccc31)CS2. The zero-order valence-electron chi connectivity index (χ0n) is 16.4. The fourth-order valence-corrected chi connectivity index (χ4v) is 6.74. The van der Waals surface area contributed by atoms with Gasteiger partial charge in [-0.05, 0) is 37.6 Å². The van der Waals surface area contributed by atoms with Gasteiger partial charge in [-0.3, -0.25) is 14.5 Å². The predicted molar refractivity (Wildman–Crippen MR) is 116 cm³/mol. The number of fused-ring (bicyclic) bond motifs is 3. The first kappa shape index (κ1) is 19.5. The highest BCUT2D eigenvalue weighted by Gasteiger charge is 2.53. The van der Waals surface area contributed by atoms with Crippen LogP contribution in [0.5, 0.6) is 0 Å². The summed E-state index contributed by atoms with van der Waals surface area (Å²) in [5, 5.41) is 0. The van der Waals surface area contributed by atoms with Gasteiger partial charge in [0.15, 0.2) is 6.61 Å². The van der Waals surface area contributed by atoms with E-state index in [9.17, 15) is 14.4 Å². The molecular formula is C22H20N2O4S2. The molecule has 3 aliphatic heterocycles. The number of ether oxygens (including phenoxy) is 1. The average molecular weight is 441 g/mol. The van der Waals surface area contributed by atoms with Gasteiger partial charge in [-0.1, -0.05) is 36.0 Å². The Morgan fingerprint density at radius 3 is 2.40 bits per heavy atom. The summed E-state index contributed by atoms with van der Waals surface area (Å²) in [4.78, 5) is 43.0. The van der Waals surface area contributed by atoms with Crippen LogP contribution >= 0.6 is 23.5 Å². The lowest BCUT2D eigenvalue weighted by Crippen LogP contribution is -2.47. The molecule has 6 nitrogen and oxygen atoms in total. The number of benzene rings is 2. The molecule has 0 aliphatic carbocycles. The van der Waals surface area contributed by atoms with Crippen molar-refractivity contribution in [2.45, 2.75) is 40.5 Å². The number of hydrogen-bond donors (Lipinski definition) is 0. The summed E-state index contributed by atoms with van der Waals surface area (Å²) in [7, 11) is 0. The Morgan fingerprint density at radius 2 is 1.73 bits per heavy atom. The molecule has 30 heavy (non-hydrogen) atoms. The molecule has 8 heteroatoms. The molecule has 2 aromatic carbocycles. The maximum Gasteiger partial charge on any atom is 0.330 e. The second-order valence-corrected chi connectivity index (χ2v) is 10.2. The fraction of sp³-hybridized carbons (Fsp3) is 0.318. The molecule has 0 spiro atoms. The zero-order valence-corrected chi connectivity index (χ0v) is 18.0. The number of anilines is 2. The van der Waals surface area contributed by atoms with E-state index in [4.69, 9.17) is 4.74 Å². The van der Waals surface area contributed by atoms with E-state index in [0.717, 1.165) is 27.6 Å². The van der Waals surface area contributed by atoms with Crippen molar-refractivity contribution in [3.63, 3.8) is 0 Å². The van der Waals surface area contributed by atoms with Crippen LogP contribution in [0, 0.1) is 0 Å². The van der Waals surface area contributed by atoms with E-state index in [1.54, 1.807) is 33.3 Å². The van der Waals surface area contributed by atoms with Crippen molar-refractivity contribution in [3.05, 3.63) is 48.5 Å². The Morgan fingerprint density at radius 1 is 1.10 bits per heavy atom. The van der Waals surface area contributed by atoms with Gasteiger partial charge in [-0.15, -0.1) is 11.8 Å². The number of nitrogens with zero attached hydrogens (tertiary/aromatic N) is 2. The minimum atomic E-state index is -0.626. The van der Waals surface area contributed by atoms with Gasteiger partial charge >= 0.3 is 5.97 Å². The number of carbonyl (C=O) groups excluding carboxylic acids is 3. The van der Waals surface area contributed by atoms with Crippen molar-refractivity contribution in [2.75, 3.05) is 17.3 Å². The topological polar surface area (TPSA) is 66.9 Å². The third kappa shape index (κ3) is 3.09. The lowest BCUT2D eigenvalue weighted by atomic mass is 10.2. The molecule has 3 heterocycles. The van der Waals surface area contributed by atoms with Crippen molar-refractivity contribution in [1.82, 2.24) is 4.90 Å². The third-order valence-corrected chi connectivity index (χ3v) is 8.37. The van der Waals surface area contributed by atoms with Crippen LogP contribution in [0.3, 0.4) is 0 Å². The largest absolute Gasteiger partial charge is 0.454 e. The summed E-state index contributed by atoms with van der Waals surface area (Å²) in [6, 6.07) is 14.7. The molecule has 0 N–H and O–H groups in total. The van der Waals surface area contributed by atoms with E-state index in [0.29, 0.717) is 12.2 Å². The molecule has 0 saturated carbocycles. The molecule has 0 radical (unpaired) electrons. The van der Waals surface area contributed by atoms with Gasteiger partial charge in [0.05, 0.1) is 16.2 Å². The van der Waals surface area contributed by atoms with Crippen molar-refractivity contribution < 1.29 is 19.1 Å². The van der Waals surface area contributed by atoms with Crippen LogP contribution in [-0.2, 0) is 19.1 Å². The van der Waals surface area contributed by atoms with Crippen molar-refractivity contribution in [2.24, 2.45) is 0 Å². The van der Waals surface area contributed by atoms with E-state index in [1.165, 1.54) is 0 Å². The summed E-state index contributed by atoms with van der Waals surface area (Å²) in [6.07, 6.45) is 1.18. The minimum Gasteiger partial charge on any atom is -0.454 e.